The van der Waals surface area contributed by atoms with Crippen LogP contribution >= 0.6 is 11.3 Å². The molecule has 1 aliphatic heterocycles. The number of carbonyl (C=O) groups is 2. The van der Waals surface area contributed by atoms with Crippen molar-refractivity contribution in [3.8, 4) is 0 Å². The van der Waals surface area contributed by atoms with Crippen molar-refractivity contribution in [1.29, 1.82) is 0 Å². The summed E-state index contributed by atoms with van der Waals surface area (Å²) in [7, 11) is 0. The van der Waals surface area contributed by atoms with E-state index in [1.54, 1.807) is 23.5 Å². The molecule has 3 aromatic rings. The molecule has 4 rings (SSSR count). The van der Waals surface area contributed by atoms with E-state index in [0.29, 0.717) is 12.1 Å². The molecular formula is C25H28N4O2S. The maximum absolute atomic E-state index is 13.1. The lowest BCUT2D eigenvalue weighted by molar-refractivity contribution is -0.130. The van der Waals surface area contributed by atoms with E-state index in [9.17, 15) is 9.59 Å². The first-order chi connectivity index (χ1) is 15.4. The monoisotopic (exact) mass is 448 g/mol. The highest BCUT2D eigenvalue weighted by molar-refractivity contribution is 7.17. The van der Waals surface area contributed by atoms with Crippen LogP contribution < -0.4 is 11.1 Å². The van der Waals surface area contributed by atoms with Crippen molar-refractivity contribution in [1.82, 2.24) is 10.2 Å². The largest absolute Gasteiger partial charge is 0.369 e. The van der Waals surface area contributed by atoms with Crippen molar-refractivity contribution in [3.05, 3.63) is 70.6 Å². The fourth-order valence-corrected chi connectivity index (χ4v) is 4.75. The van der Waals surface area contributed by atoms with E-state index >= 15 is 0 Å². The highest BCUT2D eigenvalue weighted by Gasteiger charge is 2.37. The number of rotatable bonds is 7. The van der Waals surface area contributed by atoms with Crippen LogP contribution in [0, 0.1) is 0 Å². The molecule has 0 saturated carbocycles. The van der Waals surface area contributed by atoms with Gasteiger partial charge in [-0.2, -0.15) is 0 Å². The average Bonchev–Trinajstić information content (AvgIpc) is 3.25. The Kier molecular flexibility index (Phi) is 6.28. The van der Waals surface area contributed by atoms with Crippen LogP contribution in [0.3, 0.4) is 0 Å². The molecule has 2 amide bonds. The van der Waals surface area contributed by atoms with Crippen molar-refractivity contribution in [2.24, 2.45) is 10.7 Å². The number of benzene rings is 2. The quantitative estimate of drug-likeness (QED) is 0.525. The number of guanidine groups is 1. The SMILES string of the molecule is CCCCNC(=O)c1cccc(CN2C(=O)CC(C)(c3ccc4sccc4c3)N=C2N)c1. The fourth-order valence-electron chi connectivity index (χ4n) is 3.98. The Hall–Kier alpha value is -3.19. The minimum absolute atomic E-state index is 0.0804. The summed E-state index contributed by atoms with van der Waals surface area (Å²) in [6, 6.07) is 15.6. The second-order valence-electron chi connectivity index (χ2n) is 8.38. The summed E-state index contributed by atoms with van der Waals surface area (Å²) in [5.41, 5.74) is 7.97. The number of aliphatic imine (C=N–C) groups is 1. The molecule has 32 heavy (non-hydrogen) atoms. The Morgan fingerprint density at radius 2 is 2.09 bits per heavy atom. The number of nitrogens with two attached hydrogens (primary N) is 1. The van der Waals surface area contributed by atoms with Gasteiger partial charge in [0.25, 0.3) is 5.91 Å². The van der Waals surface area contributed by atoms with Crippen LogP contribution in [0.1, 0.15) is 54.6 Å². The molecule has 1 aliphatic rings. The first kappa shape index (κ1) is 22.0. The number of unbranched alkanes of at least 4 members (excludes halogenated alkanes) is 1. The van der Waals surface area contributed by atoms with Crippen molar-refractivity contribution in [2.75, 3.05) is 6.54 Å². The zero-order chi connectivity index (χ0) is 22.7. The number of carbonyl (C=O) groups excluding carboxylic acids is 2. The number of nitrogens with zero attached hydrogens (tertiary/aromatic N) is 2. The zero-order valence-corrected chi connectivity index (χ0v) is 19.2. The Bertz CT molecular complexity index is 1190. The number of thiophene rings is 1. The van der Waals surface area contributed by atoms with Crippen LogP contribution in [0.5, 0.6) is 0 Å². The molecule has 0 saturated heterocycles. The number of amides is 2. The summed E-state index contributed by atoms with van der Waals surface area (Å²) in [6.45, 7) is 4.97. The van der Waals surface area contributed by atoms with Gasteiger partial charge in [0, 0.05) is 16.8 Å². The van der Waals surface area contributed by atoms with Gasteiger partial charge in [0.15, 0.2) is 5.96 Å². The van der Waals surface area contributed by atoms with Crippen LogP contribution in [0.25, 0.3) is 10.1 Å². The predicted molar refractivity (Wildman–Crippen MR) is 130 cm³/mol. The number of nitrogens with one attached hydrogen (secondary N) is 1. The summed E-state index contributed by atoms with van der Waals surface area (Å²) in [6.07, 6.45) is 2.20. The minimum Gasteiger partial charge on any atom is -0.369 e. The molecule has 1 atom stereocenters. The third-order valence-electron chi connectivity index (χ3n) is 5.85. The third-order valence-corrected chi connectivity index (χ3v) is 6.75. The van der Waals surface area contributed by atoms with Gasteiger partial charge in [-0.3, -0.25) is 14.5 Å². The maximum atomic E-state index is 13.1. The van der Waals surface area contributed by atoms with Gasteiger partial charge in [-0.05, 0) is 65.6 Å². The molecule has 0 spiro atoms. The Labute approximate surface area is 192 Å². The van der Waals surface area contributed by atoms with E-state index in [1.807, 2.05) is 25.1 Å². The van der Waals surface area contributed by atoms with Gasteiger partial charge in [0.1, 0.15) is 0 Å². The van der Waals surface area contributed by atoms with E-state index in [-0.39, 0.29) is 30.7 Å². The molecule has 166 valence electrons. The molecule has 7 heteroatoms. The lowest BCUT2D eigenvalue weighted by Gasteiger charge is -2.35. The maximum Gasteiger partial charge on any atom is 0.251 e. The van der Waals surface area contributed by atoms with E-state index in [1.165, 1.54) is 9.60 Å². The Morgan fingerprint density at radius 1 is 1.25 bits per heavy atom. The second-order valence-corrected chi connectivity index (χ2v) is 9.33. The highest BCUT2D eigenvalue weighted by Crippen LogP contribution is 2.36. The third kappa shape index (κ3) is 4.53. The van der Waals surface area contributed by atoms with Crippen molar-refractivity contribution in [2.45, 2.75) is 45.2 Å². The zero-order valence-electron chi connectivity index (χ0n) is 18.4. The normalized spacial score (nSPS) is 18.6. The van der Waals surface area contributed by atoms with E-state index in [0.717, 1.165) is 29.4 Å². The summed E-state index contributed by atoms with van der Waals surface area (Å²) in [5, 5.41) is 6.12. The lowest BCUT2D eigenvalue weighted by atomic mass is 9.87. The van der Waals surface area contributed by atoms with Crippen LogP contribution in [0.2, 0.25) is 0 Å². The van der Waals surface area contributed by atoms with Gasteiger partial charge in [0.2, 0.25) is 5.91 Å². The fraction of sp³-hybridized carbons (Fsp3) is 0.320. The Morgan fingerprint density at radius 3 is 2.88 bits per heavy atom. The van der Waals surface area contributed by atoms with Gasteiger partial charge in [-0.15, -0.1) is 11.3 Å². The molecule has 0 radical (unpaired) electrons. The van der Waals surface area contributed by atoms with Crippen LogP contribution in [0.4, 0.5) is 0 Å². The van der Waals surface area contributed by atoms with Gasteiger partial charge in [0.05, 0.1) is 18.5 Å². The smallest absolute Gasteiger partial charge is 0.251 e. The van der Waals surface area contributed by atoms with Crippen LogP contribution in [-0.4, -0.2) is 29.2 Å². The number of hydrogen-bond acceptors (Lipinski definition) is 5. The summed E-state index contributed by atoms with van der Waals surface area (Å²) >= 11 is 1.69. The van der Waals surface area contributed by atoms with Crippen molar-refractivity contribution in [3.63, 3.8) is 0 Å². The predicted octanol–water partition coefficient (Wildman–Crippen LogP) is 4.39. The molecule has 2 aromatic carbocycles. The van der Waals surface area contributed by atoms with Gasteiger partial charge in [-0.1, -0.05) is 31.5 Å². The molecule has 0 fully saturated rings. The minimum atomic E-state index is -0.700. The summed E-state index contributed by atoms with van der Waals surface area (Å²) < 4.78 is 1.21. The van der Waals surface area contributed by atoms with Gasteiger partial charge in [-0.25, -0.2) is 4.99 Å². The summed E-state index contributed by atoms with van der Waals surface area (Å²) in [5.74, 6) is 0.0125. The number of hydrogen-bond donors (Lipinski definition) is 2. The van der Waals surface area contributed by atoms with E-state index in [4.69, 9.17) is 10.7 Å². The average molecular weight is 449 g/mol. The molecule has 2 heterocycles. The van der Waals surface area contributed by atoms with Gasteiger partial charge < -0.3 is 11.1 Å². The van der Waals surface area contributed by atoms with E-state index in [2.05, 4.69) is 35.8 Å². The van der Waals surface area contributed by atoms with E-state index < -0.39 is 5.54 Å². The molecule has 0 aliphatic carbocycles. The van der Waals surface area contributed by atoms with Crippen LogP contribution in [-0.2, 0) is 16.9 Å². The molecular weight excluding hydrogens is 420 g/mol. The molecule has 6 nitrogen and oxygen atoms in total. The second kappa shape index (κ2) is 9.12. The van der Waals surface area contributed by atoms with Crippen molar-refractivity contribution >= 4 is 39.2 Å². The summed E-state index contributed by atoms with van der Waals surface area (Å²) in [4.78, 5) is 31.7. The van der Waals surface area contributed by atoms with Gasteiger partial charge >= 0.3 is 0 Å². The molecule has 0 bridgehead atoms. The van der Waals surface area contributed by atoms with Crippen molar-refractivity contribution < 1.29 is 9.59 Å². The lowest BCUT2D eigenvalue weighted by Crippen LogP contribution is -2.49. The first-order valence-electron chi connectivity index (χ1n) is 10.9. The highest BCUT2D eigenvalue weighted by atomic mass is 32.1. The Balaban J connectivity index is 1.53. The standard InChI is InChI=1S/C25H28N4O2S/c1-3-4-11-27-23(31)19-7-5-6-17(13-19)16-29-22(30)15-25(2,28-24(29)26)20-8-9-21-18(14-20)10-12-32-21/h5-10,12-14H,3-4,11,15-16H2,1-2H3,(H2,26,28)(H,27,31). The topological polar surface area (TPSA) is 87.8 Å². The molecule has 3 N–H and O–H groups in total. The number of fused-ring (bicyclic) bond motifs is 1. The molecule has 1 unspecified atom stereocenters. The van der Waals surface area contributed by atoms with Crippen LogP contribution in [0.15, 0.2) is 58.9 Å². The molecule has 1 aromatic heterocycles. The first-order valence-corrected chi connectivity index (χ1v) is 11.8.